The molecule has 0 aromatic heterocycles. The van der Waals surface area contributed by atoms with Crippen molar-refractivity contribution >= 4 is 37.6 Å². The van der Waals surface area contributed by atoms with Gasteiger partial charge in [-0.1, -0.05) is 0 Å². The van der Waals surface area contributed by atoms with E-state index in [1.807, 2.05) is 0 Å². The molecule has 10 heteroatoms. The largest absolute Gasteiger partial charge is 3.00 e. The Balaban J connectivity index is -0.00000001000. The van der Waals surface area contributed by atoms with Gasteiger partial charge in [-0.25, -0.2) is 0 Å². The number of aliphatic imine (C=N–C) groups is 1. The van der Waals surface area contributed by atoms with Crippen LogP contribution in [0.3, 0.4) is 0 Å². The van der Waals surface area contributed by atoms with Crippen molar-refractivity contribution < 1.29 is 48.2 Å². The molecule has 0 amide bonds. The average Bonchev–Trinajstić information content (AvgIpc) is 2.42. The van der Waals surface area contributed by atoms with E-state index >= 15 is 0 Å². The maximum absolute atomic E-state index is 7.75. The van der Waals surface area contributed by atoms with E-state index in [0.29, 0.717) is 5.88 Å². The number of rotatable bonds is 1. The molecule has 0 aliphatic carbocycles. The summed E-state index contributed by atoms with van der Waals surface area (Å²) < 4.78 is 15.0. The molecular weight excluding hydrogens is 350 g/mol. The van der Waals surface area contributed by atoms with Crippen LogP contribution in [0, 0.1) is 37.0 Å². The molecule has 0 fully saturated rings. The van der Waals surface area contributed by atoms with E-state index in [2.05, 4.69) is 50.3 Å². The first-order valence-corrected chi connectivity index (χ1v) is 3.59. The third kappa shape index (κ3) is 1200. The zero-order valence-electron chi connectivity index (χ0n) is 8.14. The van der Waals surface area contributed by atoms with E-state index in [0.717, 1.165) is 0 Å². The van der Waals surface area contributed by atoms with E-state index < -0.39 is 0 Å². The summed E-state index contributed by atoms with van der Waals surface area (Å²) in [5.74, 6) is 0.670. The van der Waals surface area contributed by atoms with Crippen molar-refractivity contribution in [1.29, 1.82) is 10.5 Å². The van der Waals surface area contributed by atoms with Crippen molar-refractivity contribution in [3.63, 3.8) is 0 Å². The van der Waals surface area contributed by atoms with Gasteiger partial charge in [-0.05, 0) is 12.6 Å². The molecule has 0 aliphatic rings. The normalized spacial score (nSPS) is 3.65. The van der Waals surface area contributed by atoms with Gasteiger partial charge in [-0.3, -0.25) is 6.79 Å². The molecule has 0 aromatic rings. The second kappa shape index (κ2) is 510. The van der Waals surface area contributed by atoms with E-state index in [1.165, 1.54) is 0 Å². The van der Waals surface area contributed by atoms with E-state index in [1.54, 1.807) is 5.55 Å². The molecule has 0 saturated heterocycles. The standard InChI is InChI=1S/C2H5NS2.2CN.CHO.2CO.2Fe/c4-1-3-2-5;5*1-2;;/h1,5H,2H2,(H,3,4);;;1H;;;;/q;3*-1;;;+2;+3/p+2. The summed E-state index contributed by atoms with van der Waals surface area (Å²) in [7, 11) is 0. The Bertz CT molecular complexity index is 151. The van der Waals surface area contributed by atoms with Gasteiger partial charge in [0.15, 0.2) is 5.88 Å². The molecule has 1 radical (unpaired) electrons. The van der Waals surface area contributed by atoms with Crippen LogP contribution < -0.4 is 0 Å². The Morgan fingerprint density at radius 1 is 1.12 bits per heavy atom. The maximum Gasteiger partial charge on any atom is 3.00 e. The smallest absolute Gasteiger partial charge is 0.545 e. The minimum atomic E-state index is 0. The molecule has 0 saturated carbocycles. The quantitative estimate of drug-likeness (QED) is 0.147. The zero-order valence-corrected chi connectivity index (χ0v) is 12.3. The van der Waals surface area contributed by atoms with Crippen molar-refractivity contribution in [2.75, 3.05) is 5.88 Å². The Morgan fingerprint density at radius 3 is 1.29 bits per heavy atom. The molecule has 0 N–H and O–H groups in total. The molecule has 0 spiro atoms. The van der Waals surface area contributed by atoms with Crippen LogP contribution in [-0.2, 0) is 73.5 Å². The van der Waals surface area contributed by atoms with Gasteiger partial charge >= 0.3 is 56.7 Å². The molecular formula is C7H8Fe2N3O3S2+4. The summed E-state index contributed by atoms with van der Waals surface area (Å²) in [5.41, 5.74) is 1.56. The monoisotopic (exact) mass is 358 g/mol. The fourth-order valence-electron chi connectivity index (χ4n) is 0.0456. The topological polar surface area (TPSA) is 117 Å². The SMILES string of the molecule is [C-]#N.[C-]#N.[C-]#[O+].[C-]#[O+].[CH-]=O.[Fe+2].[Fe+3].[SH2+]/C=N/C[SH2+]. The molecule has 0 rings (SSSR count). The molecule has 17 heavy (non-hydrogen) atoms. The predicted octanol–water partition coefficient (Wildman–Crippen LogP) is -1.17. The molecule has 0 bridgehead atoms. The molecule has 93 valence electrons. The van der Waals surface area contributed by atoms with Crippen molar-refractivity contribution in [1.82, 2.24) is 0 Å². The Morgan fingerprint density at radius 2 is 1.29 bits per heavy atom. The number of nitrogens with zero attached hydrogens (tertiary/aromatic N) is 3. The summed E-state index contributed by atoms with van der Waals surface area (Å²) in [6, 6.07) is 0. The van der Waals surface area contributed by atoms with Gasteiger partial charge in [0.2, 0.25) is 5.55 Å². The molecule has 0 unspecified atom stereocenters. The van der Waals surface area contributed by atoms with Crippen LogP contribution in [0.1, 0.15) is 0 Å². The summed E-state index contributed by atoms with van der Waals surface area (Å²) in [4.78, 5) is 11.4. The predicted molar refractivity (Wildman–Crippen MR) is 58.2 cm³/mol. The summed E-state index contributed by atoms with van der Waals surface area (Å²) >= 11 is 6.15. The average molecular weight is 358 g/mol. The van der Waals surface area contributed by atoms with Gasteiger partial charge in [0.25, 0.3) is 0 Å². The fraction of sp³-hybridized carbons (Fsp3) is 0.143. The van der Waals surface area contributed by atoms with Crippen molar-refractivity contribution in [2.45, 2.75) is 0 Å². The number of hydrogen-bond donors (Lipinski definition) is 0. The summed E-state index contributed by atoms with van der Waals surface area (Å²) in [5, 5.41) is 12.5. The van der Waals surface area contributed by atoms with Crippen LogP contribution in [0.25, 0.3) is 0 Å². The van der Waals surface area contributed by atoms with Gasteiger partial charge in [-0.2, -0.15) is 4.99 Å². The maximum atomic E-state index is 7.75. The Labute approximate surface area is 133 Å². The third-order valence-electron chi connectivity index (χ3n) is 0.183. The molecule has 0 atom stereocenters. The Kier molecular flexibility index (Phi) is 1640. The number of hydrogen-bond acceptors (Lipinski definition) is 4. The van der Waals surface area contributed by atoms with E-state index in [4.69, 9.17) is 37.8 Å². The van der Waals surface area contributed by atoms with E-state index in [9.17, 15) is 0 Å². The van der Waals surface area contributed by atoms with Gasteiger partial charge in [0, 0.05) is 12.6 Å². The van der Waals surface area contributed by atoms with Crippen LogP contribution in [0.5, 0.6) is 0 Å². The van der Waals surface area contributed by atoms with Crippen LogP contribution >= 0.6 is 0 Å². The first-order chi connectivity index (χ1) is 7.41. The first-order valence-electron chi connectivity index (χ1n) is 2.31. The van der Waals surface area contributed by atoms with E-state index in [-0.39, 0.29) is 34.1 Å². The van der Waals surface area contributed by atoms with Crippen LogP contribution in [-0.4, -0.2) is 18.2 Å². The van der Waals surface area contributed by atoms with Crippen LogP contribution in [0.2, 0.25) is 0 Å². The summed E-state index contributed by atoms with van der Waals surface area (Å²) in [6.45, 7) is 21.8. The molecule has 0 aliphatic heterocycles. The zero-order chi connectivity index (χ0) is 14.1. The minimum absolute atomic E-state index is 0. The van der Waals surface area contributed by atoms with Crippen molar-refractivity contribution in [3.8, 4) is 0 Å². The molecule has 0 heterocycles. The van der Waals surface area contributed by atoms with Gasteiger partial charge < -0.3 is 28.5 Å². The van der Waals surface area contributed by atoms with Gasteiger partial charge in [0.05, 0.1) is 0 Å². The third-order valence-corrected chi connectivity index (χ3v) is 0.548. The van der Waals surface area contributed by atoms with Gasteiger partial charge in [0.1, 0.15) is 0 Å². The first kappa shape index (κ1) is 54.8. The Hall–Kier alpha value is -0.461. The minimum Gasteiger partial charge on any atom is -0.545 e. The number of carbonyl (C=O) groups excluding carboxylic acids is 1. The van der Waals surface area contributed by atoms with Crippen LogP contribution in [0.4, 0.5) is 0 Å². The molecule has 6 nitrogen and oxygen atoms in total. The van der Waals surface area contributed by atoms with Crippen molar-refractivity contribution in [2.24, 2.45) is 4.99 Å². The second-order valence-electron chi connectivity index (χ2n) is 0.470. The van der Waals surface area contributed by atoms with Crippen LogP contribution in [0.15, 0.2) is 4.99 Å². The second-order valence-corrected chi connectivity index (χ2v) is 1.04. The fourth-order valence-corrected chi connectivity index (χ4v) is 0.411. The summed E-state index contributed by atoms with van der Waals surface area (Å²) in [6.07, 6.45) is 0. The van der Waals surface area contributed by atoms with Crippen molar-refractivity contribution in [3.05, 3.63) is 26.4 Å². The van der Waals surface area contributed by atoms with Gasteiger partial charge in [-0.15, -0.1) is 0 Å². The molecule has 0 aromatic carbocycles.